The second kappa shape index (κ2) is 6.05. The van der Waals surface area contributed by atoms with Crippen molar-refractivity contribution < 1.29 is 9.59 Å². The third-order valence-electron chi connectivity index (χ3n) is 3.93. The number of aryl methyl sites for hydroxylation is 1. The van der Waals surface area contributed by atoms with Crippen LogP contribution < -0.4 is 10.2 Å². The summed E-state index contributed by atoms with van der Waals surface area (Å²) in [5, 5.41) is 3.36. The Morgan fingerprint density at radius 2 is 2.00 bits per heavy atom. The van der Waals surface area contributed by atoms with Gasteiger partial charge in [-0.15, -0.1) is 0 Å². The highest BCUT2D eigenvalue weighted by Crippen LogP contribution is 2.38. The largest absolute Gasteiger partial charge is 0.341 e. The molecule has 2 amide bonds. The summed E-state index contributed by atoms with van der Waals surface area (Å²) in [5.74, 6) is -0.365. The summed E-state index contributed by atoms with van der Waals surface area (Å²) in [4.78, 5) is 25.9. The van der Waals surface area contributed by atoms with Crippen molar-refractivity contribution in [2.24, 2.45) is 0 Å². The summed E-state index contributed by atoms with van der Waals surface area (Å²) in [6.07, 6.45) is 0. The van der Waals surface area contributed by atoms with Gasteiger partial charge in [0.25, 0.3) is 5.91 Å². The van der Waals surface area contributed by atoms with E-state index in [2.05, 4.69) is 5.32 Å². The van der Waals surface area contributed by atoms with E-state index < -0.39 is 6.04 Å². The van der Waals surface area contributed by atoms with E-state index in [1.165, 1.54) is 6.92 Å². The first-order valence-electron chi connectivity index (χ1n) is 7.40. The van der Waals surface area contributed by atoms with Crippen LogP contribution in [0.25, 0.3) is 0 Å². The van der Waals surface area contributed by atoms with Gasteiger partial charge in [-0.05, 0) is 24.6 Å². The van der Waals surface area contributed by atoms with Crippen LogP contribution in [-0.2, 0) is 16.1 Å². The number of halogens is 1. The number of hydrogen-bond acceptors (Lipinski definition) is 2. The Hall–Kier alpha value is -2.33. The highest BCUT2D eigenvalue weighted by atomic mass is 35.5. The molecule has 118 valence electrons. The van der Waals surface area contributed by atoms with Crippen molar-refractivity contribution in [1.29, 1.82) is 0 Å². The fourth-order valence-electron chi connectivity index (χ4n) is 2.86. The fraction of sp³-hybridized carbons (Fsp3) is 0.222. The molecule has 3 rings (SSSR count). The van der Waals surface area contributed by atoms with Gasteiger partial charge in [-0.1, -0.05) is 47.5 Å². The molecular weight excluding hydrogens is 312 g/mol. The second-order valence-electron chi connectivity index (χ2n) is 5.71. The molecule has 0 spiro atoms. The van der Waals surface area contributed by atoms with Gasteiger partial charge in [0.1, 0.15) is 6.04 Å². The maximum absolute atomic E-state index is 12.8. The molecule has 23 heavy (non-hydrogen) atoms. The Morgan fingerprint density at radius 3 is 2.70 bits per heavy atom. The normalized spacial score (nSPS) is 16.4. The van der Waals surface area contributed by atoms with Gasteiger partial charge < -0.3 is 10.2 Å². The molecule has 1 aliphatic rings. The first-order chi connectivity index (χ1) is 11.0. The van der Waals surface area contributed by atoms with Crippen molar-refractivity contribution in [3.05, 3.63) is 64.2 Å². The molecule has 0 aliphatic carbocycles. The Bertz CT molecular complexity index is 788. The van der Waals surface area contributed by atoms with Crippen molar-refractivity contribution in [2.75, 3.05) is 4.90 Å². The molecule has 1 aliphatic heterocycles. The SMILES string of the molecule is CC(=O)N[C@@H]1C(=O)N(Cc2ccccc2Cl)c2ccc(C)cc21. The summed E-state index contributed by atoms with van der Waals surface area (Å²) < 4.78 is 0. The Kier molecular flexibility index (Phi) is 4.09. The first-order valence-corrected chi connectivity index (χ1v) is 7.77. The lowest BCUT2D eigenvalue weighted by Crippen LogP contribution is -2.36. The number of nitrogens with zero attached hydrogens (tertiary/aromatic N) is 1. The molecule has 0 bridgehead atoms. The summed E-state index contributed by atoms with van der Waals surface area (Å²) in [6.45, 7) is 3.76. The smallest absolute Gasteiger partial charge is 0.254 e. The lowest BCUT2D eigenvalue weighted by atomic mass is 10.1. The Morgan fingerprint density at radius 1 is 1.26 bits per heavy atom. The number of fused-ring (bicyclic) bond motifs is 1. The molecule has 0 fully saturated rings. The molecule has 0 saturated carbocycles. The second-order valence-corrected chi connectivity index (χ2v) is 6.12. The van der Waals surface area contributed by atoms with Crippen molar-refractivity contribution >= 4 is 29.1 Å². The molecule has 1 N–H and O–H groups in total. The van der Waals surface area contributed by atoms with E-state index in [0.29, 0.717) is 11.6 Å². The van der Waals surface area contributed by atoms with Crippen LogP contribution in [0.2, 0.25) is 5.02 Å². The first kappa shape index (κ1) is 15.6. The highest BCUT2D eigenvalue weighted by Gasteiger charge is 2.37. The number of anilines is 1. The van der Waals surface area contributed by atoms with E-state index in [1.54, 1.807) is 11.0 Å². The highest BCUT2D eigenvalue weighted by molar-refractivity contribution is 6.31. The van der Waals surface area contributed by atoms with E-state index in [9.17, 15) is 9.59 Å². The van der Waals surface area contributed by atoms with Gasteiger partial charge in [-0.2, -0.15) is 0 Å². The maximum atomic E-state index is 12.8. The van der Waals surface area contributed by atoms with E-state index in [1.807, 2.05) is 43.3 Å². The van der Waals surface area contributed by atoms with Crippen molar-refractivity contribution in [3.8, 4) is 0 Å². The summed E-state index contributed by atoms with van der Waals surface area (Å²) in [6, 6.07) is 12.6. The van der Waals surface area contributed by atoms with Gasteiger partial charge >= 0.3 is 0 Å². The van der Waals surface area contributed by atoms with Crippen LogP contribution in [0, 0.1) is 6.92 Å². The van der Waals surface area contributed by atoms with Crippen LogP contribution in [0.1, 0.15) is 29.7 Å². The van der Waals surface area contributed by atoms with Gasteiger partial charge in [0.05, 0.1) is 6.54 Å². The lowest BCUT2D eigenvalue weighted by Gasteiger charge is -2.19. The number of nitrogens with one attached hydrogen (secondary N) is 1. The number of carbonyl (C=O) groups is 2. The van der Waals surface area contributed by atoms with Gasteiger partial charge in [-0.3, -0.25) is 9.59 Å². The Balaban J connectivity index is 2.00. The van der Waals surface area contributed by atoms with Gasteiger partial charge in [0.2, 0.25) is 5.91 Å². The third kappa shape index (κ3) is 2.94. The minimum Gasteiger partial charge on any atom is -0.341 e. The molecule has 2 aromatic rings. The summed E-state index contributed by atoms with van der Waals surface area (Å²) >= 11 is 6.22. The lowest BCUT2D eigenvalue weighted by molar-refractivity contribution is -0.126. The minimum atomic E-state index is -0.634. The zero-order valence-corrected chi connectivity index (χ0v) is 13.7. The van der Waals surface area contributed by atoms with Crippen LogP contribution in [0.4, 0.5) is 5.69 Å². The molecule has 4 nitrogen and oxygen atoms in total. The van der Waals surface area contributed by atoms with Crippen LogP contribution in [0.5, 0.6) is 0 Å². The molecule has 0 aromatic heterocycles. The topological polar surface area (TPSA) is 49.4 Å². The predicted octanol–water partition coefficient (Wildman–Crippen LogP) is 3.37. The number of rotatable bonds is 3. The van der Waals surface area contributed by atoms with Crippen LogP contribution in [0.3, 0.4) is 0 Å². The molecular formula is C18H17ClN2O2. The van der Waals surface area contributed by atoms with E-state index >= 15 is 0 Å². The quantitative estimate of drug-likeness (QED) is 0.939. The Labute approximate surface area is 140 Å². The van der Waals surface area contributed by atoms with Gasteiger partial charge in [0.15, 0.2) is 0 Å². The third-order valence-corrected chi connectivity index (χ3v) is 4.30. The monoisotopic (exact) mass is 328 g/mol. The predicted molar refractivity (Wildman–Crippen MR) is 90.4 cm³/mol. The van der Waals surface area contributed by atoms with E-state index in [-0.39, 0.29) is 11.8 Å². The fourth-order valence-corrected chi connectivity index (χ4v) is 3.06. The molecule has 0 saturated heterocycles. The molecule has 1 atom stereocenters. The van der Waals surface area contributed by atoms with Gasteiger partial charge in [0, 0.05) is 23.2 Å². The van der Waals surface area contributed by atoms with Gasteiger partial charge in [-0.25, -0.2) is 0 Å². The van der Waals surface area contributed by atoms with Crippen LogP contribution in [0.15, 0.2) is 42.5 Å². The number of carbonyl (C=O) groups excluding carboxylic acids is 2. The standard InChI is InChI=1S/C18H17ClN2O2/c1-11-7-8-16-14(9-11)17(20-12(2)22)18(23)21(16)10-13-5-3-4-6-15(13)19/h3-9,17H,10H2,1-2H3,(H,20,22)/t17-/m0/s1. The van der Waals surface area contributed by atoms with Crippen LogP contribution in [-0.4, -0.2) is 11.8 Å². The average molecular weight is 329 g/mol. The molecule has 0 radical (unpaired) electrons. The number of hydrogen-bond donors (Lipinski definition) is 1. The molecule has 0 unspecified atom stereocenters. The van der Waals surface area contributed by atoms with Crippen LogP contribution >= 0.6 is 11.6 Å². The molecule has 1 heterocycles. The van der Waals surface area contributed by atoms with Crippen molar-refractivity contribution in [3.63, 3.8) is 0 Å². The molecule has 5 heteroatoms. The summed E-state index contributed by atoms with van der Waals surface area (Å²) in [7, 11) is 0. The molecule has 2 aromatic carbocycles. The number of benzene rings is 2. The zero-order valence-electron chi connectivity index (χ0n) is 13.0. The van der Waals surface area contributed by atoms with E-state index in [0.717, 1.165) is 22.4 Å². The maximum Gasteiger partial charge on any atom is 0.254 e. The summed E-state index contributed by atoms with van der Waals surface area (Å²) in [5.41, 5.74) is 3.57. The average Bonchev–Trinajstić information content (AvgIpc) is 2.74. The van der Waals surface area contributed by atoms with Crippen molar-refractivity contribution in [1.82, 2.24) is 5.32 Å². The minimum absolute atomic E-state index is 0.138. The number of amides is 2. The zero-order chi connectivity index (χ0) is 16.6. The van der Waals surface area contributed by atoms with Crippen molar-refractivity contribution in [2.45, 2.75) is 26.4 Å². The van der Waals surface area contributed by atoms with E-state index in [4.69, 9.17) is 11.6 Å².